The third-order valence-corrected chi connectivity index (χ3v) is 6.90. The van der Waals surface area contributed by atoms with E-state index in [9.17, 15) is 19.7 Å². The molecule has 2 bridgehead atoms. The van der Waals surface area contributed by atoms with E-state index in [1.165, 1.54) is 10.6 Å². The number of pyridine rings is 1. The molecule has 0 saturated carbocycles. The van der Waals surface area contributed by atoms with Crippen LogP contribution in [0, 0.1) is 16.0 Å². The number of piperidine rings is 1. The number of nitro groups is 1. The van der Waals surface area contributed by atoms with E-state index in [1.54, 1.807) is 13.2 Å². The molecule has 1 amide bonds. The van der Waals surface area contributed by atoms with Crippen LogP contribution < -0.4 is 10.3 Å². The van der Waals surface area contributed by atoms with Gasteiger partial charge in [0.2, 0.25) is 0 Å². The predicted octanol–water partition coefficient (Wildman–Crippen LogP) is 3.56. The van der Waals surface area contributed by atoms with Crippen LogP contribution in [0.1, 0.15) is 48.3 Å². The van der Waals surface area contributed by atoms with Crippen molar-refractivity contribution in [3.05, 3.63) is 68.3 Å². The lowest BCUT2D eigenvalue weighted by molar-refractivity contribution is -0.386. The highest BCUT2D eigenvalue weighted by Gasteiger charge is 2.38. The fourth-order valence-electron chi connectivity index (χ4n) is 5.37. The Morgan fingerprint density at radius 1 is 1.18 bits per heavy atom. The number of hydrogen-bond acceptors (Lipinski definition) is 5. The molecule has 0 spiro atoms. The number of ether oxygens (including phenoxy) is 1. The van der Waals surface area contributed by atoms with Gasteiger partial charge in [-0.15, -0.1) is 0 Å². The molecule has 4 heterocycles. The van der Waals surface area contributed by atoms with Gasteiger partial charge in [-0.05, 0) is 50.5 Å². The van der Waals surface area contributed by atoms with Crippen molar-refractivity contribution in [1.29, 1.82) is 0 Å². The smallest absolute Gasteiger partial charge is 0.334 e. The molecule has 33 heavy (non-hydrogen) atoms. The van der Waals surface area contributed by atoms with Crippen LogP contribution in [0.4, 0.5) is 5.69 Å². The van der Waals surface area contributed by atoms with Crippen LogP contribution in [-0.2, 0) is 6.54 Å². The fourth-order valence-corrected chi connectivity index (χ4v) is 5.37. The molecule has 9 nitrogen and oxygen atoms in total. The average molecular weight is 450 g/mol. The second-order valence-corrected chi connectivity index (χ2v) is 9.25. The molecule has 9 heteroatoms. The summed E-state index contributed by atoms with van der Waals surface area (Å²) >= 11 is 0. The van der Waals surface area contributed by atoms with Crippen molar-refractivity contribution in [3.8, 4) is 5.75 Å². The van der Waals surface area contributed by atoms with E-state index in [1.807, 2.05) is 29.3 Å². The Morgan fingerprint density at radius 3 is 2.67 bits per heavy atom. The summed E-state index contributed by atoms with van der Waals surface area (Å²) < 4.78 is 9.03. The Hall–Kier alpha value is -3.62. The lowest BCUT2D eigenvalue weighted by Gasteiger charge is -2.42. The van der Waals surface area contributed by atoms with Gasteiger partial charge < -0.3 is 18.8 Å². The first-order valence-corrected chi connectivity index (χ1v) is 11.1. The number of fused-ring (bicyclic) bond motifs is 5. The fraction of sp³-hybridized carbons (Fsp3) is 0.417. The van der Waals surface area contributed by atoms with E-state index in [0.717, 1.165) is 23.0 Å². The van der Waals surface area contributed by atoms with Gasteiger partial charge in [-0.25, -0.2) is 0 Å². The van der Waals surface area contributed by atoms with Crippen molar-refractivity contribution in [2.45, 2.75) is 38.8 Å². The predicted molar refractivity (Wildman–Crippen MR) is 123 cm³/mol. The van der Waals surface area contributed by atoms with Crippen molar-refractivity contribution >= 4 is 22.5 Å². The molecule has 2 atom stereocenters. The number of benzene rings is 1. The molecule has 5 rings (SSSR count). The summed E-state index contributed by atoms with van der Waals surface area (Å²) in [7, 11) is 1.61. The minimum Gasteiger partial charge on any atom is -0.497 e. The second kappa shape index (κ2) is 7.75. The van der Waals surface area contributed by atoms with Crippen LogP contribution in [0.3, 0.4) is 0 Å². The molecular weight excluding hydrogens is 424 g/mol. The van der Waals surface area contributed by atoms with Crippen LogP contribution in [0.25, 0.3) is 10.9 Å². The minimum atomic E-state index is -0.630. The normalized spacial score (nSPS) is 19.6. The third kappa shape index (κ3) is 3.39. The SMILES string of the molecule is COc1ccc2c(c1)c(C(=O)N1CC3C[C@@H](C1)Cn1c3ccc([N+](=O)[O-])c1=O)cn2C(C)C. The molecule has 1 fully saturated rings. The van der Waals surface area contributed by atoms with Crippen molar-refractivity contribution in [3.63, 3.8) is 0 Å². The maximum atomic E-state index is 13.7. The van der Waals surface area contributed by atoms with Crippen LogP contribution in [0.5, 0.6) is 5.75 Å². The van der Waals surface area contributed by atoms with Gasteiger partial charge in [-0.2, -0.15) is 0 Å². The Labute approximate surface area is 190 Å². The molecule has 1 unspecified atom stereocenters. The minimum absolute atomic E-state index is 0.0251. The number of carbonyl (C=O) groups excluding carboxylic acids is 1. The van der Waals surface area contributed by atoms with Gasteiger partial charge in [0.25, 0.3) is 5.91 Å². The summed E-state index contributed by atoms with van der Waals surface area (Å²) in [5, 5.41) is 12.0. The molecule has 172 valence electrons. The van der Waals surface area contributed by atoms with Crippen molar-refractivity contribution in [2.24, 2.45) is 5.92 Å². The first-order valence-electron chi connectivity index (χ1n) is 11.1. The van der Waals surface area contributed by atoms with Crippen molar-refractivity contribution in [2.75, 3.05) is 20.2 Å². The van der Waals surface area contributed by atoms with Gasteiger partial charge in [0.15, 0.2) is 0 Å². The molecule has 0 radical (unpaired) electrons. The van der Waals surface area contributed by atoms with Gasteiger partial charge in [0.1, 0.15) is 5.75 Å². The van der Waals surface area contributed by atoms with E-state index in [0.29, 0.717) is 30.9 Å². The number of methoxy groups -OCH3 is 1. The number of hydrogen-bond donors (Lipinski definition) is 0. The highest BCUT2D eigenvalue weighted by molar-refractivity contribution is 6.07. The number of carbonyl (C=O) groups is 1. The molecule has 2 aromatic heterocycles. The van der Waals surface area contributed by atoms with E-state index in [-0.39, 0.29) is 23.8 Å². The summed E-state index contributed by atoms with van der Waals surface area (Å²) in [6.45, 7) is 5.54. The lowest BCUT2D eigenvalue weighted by atomic mass is 9.83. The Morgan fingerprint density at radius 2 is 1.97 bits per heavy atom. The number of amides is 1. The van der Waals surface area contributed by atoms with Gasteiger partial charge >= 0.3 is 11.2 Å². The molecule has 2 aliphatic rings. The summed E-state index contributed by atoms with van der Waals surface area (Å²) in [6.07, 6.45) is 2.78. The Bertz CT molecular complexity index is 1340. The van der Waals surface area contributed by atoms with Gasteiger partial charge in [-0.1, -0.05) is 0 Å². The molecule has 0 N–H and O–H groups in total. The zero-order chi connectivity index (χ0) is 23.4. The van der Waals surface area contributed by atoms with Gasteiger partial charge in [0.05, 0.1) is 17.6 Å². The summed E-state index contributed by atoms with van der Waals surface area (Å²) in [5.41, 5.74) is 1.43. The Kier molecular flexibility index (Phi) is 4.99. The molecule has 2 aliphatic heterocycles. The maximum Gasteiger partial charge on any atom is 0.334 e. The highest BCUT2D eigenvalue weighted by atomic mass is 16.6. The highest BCUT2D eigenvalue weighted by Crippen LogP contribution is 2.37. The van der Waals surface area contributed by atoms with E-state index < -0.39 is 16.2 Å². The van der Waals surface area contributed by atoms with Crippen molar-refractivity contribution in [1.82, 2.24) is 14.0 Å². The standard InChI is InChI=1S/C24H26N4O5/c1-14(2)26-13-19(18-9-17(33-3)4-5-21(18)26)23(29)25-10-15-8-16(12-25)20-6-7-22(28(31)32)24(30)27(20)11-15/h4-7,9,13-16H,8,10-12H2,1-3H3/t15-,16?/m0/s1. The van der Waals surface area contributed by atoms with Crippen LogP contribution in [0.2, 0.25) is 0 Å². The van der Waals surface area contributed by atoms with Crippen LogP contribution in [-0.4, -0.2) is 45.1 Å². The Balaban J connectivity index is 1.51. The number of rotatable bonds is 4. The molecular formula is C24H26N4O5. The second-order valence-electron chi connectivity index (χ2n) is 9.25. The summed E-state index contributed by atoms with van der Waals surface area (Å²) in [4.78, 5) is 38.8. The van der Waals surface area contributed by atoms with E-state index >= 15 is 0 Å². The molecule has 1 aromatic carbocycles. The molecule has 3 aromatic rings. The monoisotopic (exact) mass is 450 g/mol. The van der Waals surface area contributed by atoms with Crippen LogP contribution >= 0.6 is 0 Å². The number of nitrogens with zero attached hydrogens (tertiary/aromatic N) is 4. The zero-order valence-electron chi connectivity index (χ0n) is 18.9. The van der Waals surface area contributed by atoms with Gasteiger partial charge in [-0.3, -0.25) is 19.7 Å². The number of aromatic nitrogens is 2. The average Bonchev–Trinajstić information content (AvgIpc) is 3.18. The summed E-state index contributed by atoms with van der Waals surface area (Å²) in [5.74, 6) is 0.708. The topological polar surface area (TPSA) is 99.6 Å². The maximum absolute atomic E-state index is 13.7. The van der Waals surface area contributed by atoms with Gasteiger partial charge in [0, 0.05) is 60.5 Å². The third-order valence-electron chi connectivity index (χ3n) is 6.90. The lowest BCUT2D eigenvalue weighted by Crippen LogP contribution is -2.49. The number of likely N-dealkylation sites (tertiary alicyclic amines) is 1. The van der Waals surface area contributed by atoms with E-state index in [2.05, 4.69) is 18.4 Å². The molecule has 1 saturated heterocycles. The molecule has 0 aliphatic carbocycles. The zero-order valence-corrected chi connectivity index (χ0v) is 18.9. The summed E-state index contributed by atoms with van der Waals surface area (Å²) in [6, 6.07) is 8.93. The van der Waals surface area contributed by atoms with Crippen molar-refractivity contribution < 1.29 is 14.5 Å². The quantitative estimate of drug-likeness (QED) is 0.447. The largest absolute Gasteiger partial charge is 0.497 e. The first kappa shape index (κ1) is 21.2. The first-order chi connectivity index (χ1) is 15.8. The van der Waals surface area contributed by atoms with E-state index in [4.69, 9.17) is 4.74 Å². The van der Waals surface area contributed by atoms with Crippen LogP contribution in [0.15, 0.2) is 41.3 Å².